The predicted octanol–water partition coefficient (Wildman–Crippen LogP) is 1.06. The molecule has 0 atom stereocenters. The smallest absolute Gasteiger partial charge is 0.354 e. The molecule has 0 amide bonds. The third-order valence-corrected chi connectivity index (χ3v) is 1.99. The number of rotatable bonds is 3. The zero-order valence-corrected chi connectivity index (χ0v) is 7.82. The summed E-state index contributed by atoms with van der Waals surface area (Å²) in [6.45, 7) is 1.69. The maximum absolute atomic E-state index is 10.7. The first kappa shape index (κ1) is 8.93. The fraction of sp³-hybridized carbons (Fsp3) is 0.444. The number of nitrogens with one attached hydrogen (secondary N) is 1. The Balaban J connectivity index is 2.25. The molecular weight excluding hydrogens is 182 g/mol. The fourth-order valence-corrected chi connectivity index (χ4v) is 1.19. The Morgan fingerprint density at radius 2 is 2.29 bits per heavy atom. The van der Waals surface area contributed by atoms with Crippen LogP contribution in [0.1, 0.15) is 29.2 Å². The number of carbonyl (C=O) groups is 1. The second-order valence-corrected chi connectivity index (χ2v) is 3.41. The van der Waals surface area contributed by atoms with Crippen LogP contribution in [-0.2, 0) is 0 Å². The van der Waals surface area contributed by atoms with Gasteiger partial charge in [0.15, 0.2) is 5.69 Å². The third-order valence-electron chi connectivity index (χ3n) is 1.99. The van der Waals surface area contributed by atoms with Gasteiger partial charge >= 0.3 is 5.97 Å². The van der Waals surface area contributed by atoms with E-state index in [2.05, 4.69) is 15.3 Å². The van der Waals surface area contributed by atoms with Gasteiger partial charge in [0.25, 0.3) is 0 Å². The number of hydrogen-bond donors (Lipinski definition) is 2. The quantitative estimate of drug-likeness (QED) is 0.750. The van der Waals surface area contributed by atoms with Gasteiger partial charge in [-0.05, 0) is 19.8 Å². The van der Waals surface area contributed by atoms with Gasteiger partial charge in [0.1, 0.15) is 11.6 Å². The van der Waals surface area contributed by atoms with E-state index in [-0.39, 0.29) is 5.69 Å². The number of carboxylic acid groups (broad SMARTS) is 1. The van der Waals surface area contributed by atoms with Crippen molar-refractivity contribution in [1.82, 2.24) is 9.97 Å². The molecular formula is C9H11N3O2. The summed E-state index contributed by atoms with van der Waals surface area (Å²) in [6, 6.07) is 1.93. The molecule has 2 N–H and O–H groups in total. The number of nitrogens with zero attached hydrogens (tertiary/aromatic N) is 2. The summed E-state index contributed by atoms with van der Waals surface area (Å²) in [5, 5.41) is 11.9. The largest absolute Gasteiger partial charge is 0.477 e. The minimum Gasteiger partial charge on any atom is -0.477 e. The summed E-state index contributed by atoms with van der Waals surface area (Å²) in [4.78, 5) is 18.6. The normalized spacial score (nSPS) is 15.2. The molecule has 0 bridgehead atoms. The lowest BCUT2D eigenvalue weighted by molar-refractivity contribution is 0.0690. The van der Waals surface area contributed by atoms with Crippen LogP contribution in [0, 0.1) is 6.92 Å². The molecule has 1 aromatic rings. The first-order valence-corrected chi connectivity index (χ1v) is 4.50. The number of anilines is 1. The molecule has 1 heterocycles. The van der Waals surface area contributed by atoms with Crippen molar-refractivity contribution in [3.8, 4) is 0 Å². The Morgan fingerprint density at radius 1 is 1.57 bits per heavy atom. The van der Waals surface area contributed by atoms with Crippen molar-refractivity contribution in [3.63, 3.8) is 0 Å². The summed E-state index contributed by atoms with van der Waals surface area (Å²) >= 11 is 0. The van der Waals surface area contributed by atoms with Gasteiger partial charge < -0.3 is 10.4 Å². The molecule has 14 heavy (non-hydrogen) atoms. The predicted molar refractivity (Wildman–Crippen MR) is 50.4 cm³/mol. The molecule has 0 radical (unpaired) electrons. The summed E-state index contributed by atoms with van der Waals surface area (Å²) in [5.41, 5.74) is 0.0423. The number of aryl methyl sites for hydroxylation is 1. The van der Waals surface area contributed by atoms with Gasteiger partial charge in [-0.15, -0.1) is 0 Å². The van der Waals surface area contributed by atoms with Crippen LogP contribution in [-0.4, -0.2) is 27.1 Å². The van der Waals surface area contributed by atoms with E-state index < -0.39 is 5.97 Å². The Hall–Kier alpha value is -1.65. The molecule has 5 nitrogen and oxygen atoms in total. The van der Waals surface area contributed by atoms with Crippen LogP contribution in [0.5, 0.6) is 0 Å². The van der Waals surface area contributed by atoms with Crippen LogP contribution in [0.15, 0.2) is 6.07 Å². The van der Waals surface area contributed by atoms with Crippen molar-refractivity contribution in [2.45, 2.75) is 25.8 Å². The van der Waals surface area contributed by atoms with Crippen LogP contribution < -0.4 is 5.32 Å². The molecule has 0 aromatic carbocycles. The van der Waals surface area contributed by atoms with Gasteiger partial charge in [-0.25, -0.2) is 14.8 Å². The highest BCUT2D eigenvalue weighted by Crippen LogP contribution is 2.23. The van der Waals surface area contributed by atoms with Crippen LogP contribution in [0.25, 0.3) is 0 Å². The molecule has 0 spiro atoms. The number of aromatic nitrogens is 2. The fourth-order valence-electron chi connectivity index (χ4n) is 1.19. The van der Waals surface area contributed by atoms with Gasteiger partial charge in [-0.1, -0.05) is 0 Å². The number of hydrogen-bond acceptors (Lipinski definition) is 4. The average Bonchev–Trinajstić information content (AvgIpc) is 2.87. The van der Waals surface area contributed by atoms with Gasteiger partial charge in [-0.3, -0.25) is 0 Å². The van der Waals surface area contributed by atoms with Gasteiger partial charge in [0.05, 0.1) is 0 Å². The lowest BCUT2D eigenvalue weighted by Crippen LogP contribution is -2.09. The van der Waals surface area contributed by atoms with Crippen molar-refractivity contribution >= 4 is 11.8 Å². The molecule has 2 rings (SSSR count). The molecule has 74 valence electrons. The van der Waals surface area contributed by atoms with Gasteiger partial charge in [-0.2, -0.15) is 0 Å². The van der Waals surface area contributed by atoms with Crippen LogP contribution in [0.3, 0.4) is 0 Å². The first-order valence-electron chi connectivity index (χ1n) is 4.50. The Kier molecular flexibility index (Phi) is 2.07. The molecule has 1 aliphatic carbocycles. The first-order chi connectivity index (χ1) is 6.65. The summed E-state index contributed by atoms with van der Waals surface area (Å²) in [7, 11) is 0. The van der Waals surface area contributed by atoms with E-state index in [0.717, 1.165) is 12.8 Å². The molecule has 1 aliphatic rings. The molecule has 0 unspecified atom stereocenters. The van der Waals surface area contributed by atoms with Gasteiger partial charge in [0.2, 0.25) is 0 Å². The summed E-state index contributed by atoms with van der Waals surface area (Å²) in [6.07, 6.45) is 2.26. The van der Waals surface area contributed by atoms with E-state index in [0.29, 0.717) is 17.7 Å². The summed E-state index contributed by atoms with van der Waals surface area (Å²) in [5.74, 6) is 0.0693. The second-order valence-electron chi connectivity index (χ2n) is 3.41. The van der Waals surface area contributed by atoms with E-state index in [1.807, 2.05) is 0 Å². The van der Waals surface area contributed by atoms with Crippen LogP contribution in [0.4, 0.5) is 5.82 Å². The highest BCUT2D eigenvalue weighted by molar-refractivity contribution is 5.86. The van der Waals surface area contributed by atoms with E-state index in [1.54, 1.807) is 6.92 Å². The topological polar surface area (TPSA) is 75.1 Å². The van der Waals surface area contributed by atoms with Crippen LogP contribution >= 0.6 is 0 Å². The van der Waals surface area contributed by atoms with Gasteiger partial charge in [0, 0.05) is 12.1 Å². The van der Waals surface area contributed by atoms with E-state index in [1.165, 1.54) is 6.07 Å². The standard InChI is InChI=1S/C9H11N3O2/c1-5-10-7(9(13)14)4-8(11-5)12-6-2-3-6/h4,6H,2-3H2,1H3,(H,13,14)(H,10,11,12). The Labute approximate surface area is 81.2 Å². The number of aromatic carboxylic acids is 1. The van der Waals surface area contributed by atoms with E-state index in [9.17, 15) is 4.79 Å². The zero-order valence-electron chi connectivity index (χ0n) is 7.82. The maximum atomic E-state index is 10.7. The lowest BCUT2D eigenvalue weighted by atomic mass is 10.4. The third kappa shape index (κ3) is 1.99. The Morgan fingerprint density at radius 3 is 2.86 bits per heavy atom. The van der Waals surface area contributed by atoms with Crippen molar-refractivity contribution in [3.05, 3.63) is 17.6 Å². The molecule has 1 fully saturated rings. The maximum Gasteiger partial charge on any atom is 0.354 e. The highest BCUT2D eigenvalue weighted by Gasteiger charge is 2.22. The highest BCUT2D eigenvalue weighted by atomic mass is 16.4. The molecule has 0 aliphatic heterocycles. The van der Waals surface area contributed by atoms with E-state index >= 15 is 0 Å². The minimum absolute atomic E-state index is 0.0423. The average molecular weight is 193 g/mol. The van der Waals surface area contributed by atoms with Crippen molar-refractivity contribution in [2.24, 2.45) is 0 Å². The van der Waals surface area contributed by atoms with E-state index in [4.69, 9.17) is 5.11 Å². The second kappa shape index (κ2) is 3.25. The molecule has 5 heteroatoms. The van der Waals surface area contributed by atoms with Crippen molar-refractivity contribution in [1.29, 1.82) is 0 Å². The Bertz CT molecular complexity index is 374. The van der Waals surface area contributed by atoms with Crippen molar-refractivity contribution in [2.75, 3.05) is 5.32 Å². The molecule has 1 saturated carbocycles. The molecule has 1 aromatic heterocycles. The minimum atomic E-state index is -1.02. The SMILES string of the molecule is Cc1nc(NC2CC2)cc(C(=O)O)n1. The zero-order chi connectivity index (χ0) is 10.1. The monoisotopic (exact) mass is 193 g/mol. The molecule has 0 saturated heterocycles. The lowest BCUT2D eigenvalue weighted by Gasteiger charge is -2.04. The summed E-state index contributed by atoms with van der Waals surface area (Å²) < 4.78 is 0. The van der Waals surface area contributed by atoms with Crippen LogP contribution in [0.2, 0.25) is 0 Å². The van der Waals surface area contributed by atoms with Crippen molar-refractivity contribution < 1.29 is 9.90 Å². The number of carboxylic acids is 1.